The van der Waals surface area contributed by atoms with Crippen molar-refractivity contribution >= 4 is 0 Å². The lowest BCUT2D eigenvalue weighted by Crippen LogP contribution is -2.44. The molecular weight excluding hydrogens is 126 g/mol. The second-order valence-electron chi connectivity index (χ2n) is 3.90. The van der Waals surface area contributed by atoms with Crippen LogP contribution in [0.1, 0.15) is 27.7 Å². The number of rotatable bonds is 2. The van der Waals surface area contributed by atoms with Gasteiger partial charge in [0.2, 0.25) is 0 Å². The summed E-state index contributed by atoms with van der Waals surface area (Å²) in [7, 11) is 0. The average Bonchev–Trinajstić information content (AvgIpc) is 2.45. The van der Waals surface area contributed by atoms with E-state index in [1.807, 2.05) is 0 Å². The molecule has 2 heteroatoms. The van der Waals surface area contributed by atoms with E-state index >= 15 is 0 Å². The SMILES string of the molecule is CCNC1(C(C)(C)C)CO1. The van der Waals surface area contributed by atoms with Crippen LogP contribution in [0.15, 0.2) is 0 Å². The van der Waals surface area contributed by atoms with Gasteiger partial charge in [0.1, 0.15) is 5.72 Å². The summed E-state index contributed by atoms with van der Waals surface area (Å²) in [6.45, 7) is 10.5. The molecule has 1 N–H and O–H groups in total. The first-order chi connectivity index (χ1) is 4.52. The van der Waals surface area contributed by atoms with Crippen LogP contribution in [-0.4, -0.2) is 18.9 Å². The number of ether oxygens (including phenoxy) is 1. The highest BCUT2D eigenvalue weighted by Crippen LogP contribution is 2.41. The summed E-state index contributed by atoms with van der Waals surface area (Å²) >= 11 is 0. The third-order valence-corrected chi connectivity index (χ3v) is 2.11. The van der Waals surface area contributed by atoms with Gasteiger partial charge in [0, 0.05) is 5.41 Å². The molecule has 1 aliphatic rings. The maximum Gasteiger partial charge on any atom is 0.147 e. The highest BCUT2D eigenvalue weighted by atomic mass is 16.6. The van der Waals surface area contributed by atoms with Crippen molar-refractivity contribution in [3.63, 3.8) is 0 Å². The van der Waals surface area contributed by atoms with Gasteiger partial charge in [-0.05, 0) is 6.54 Å². The lowest BCUT2D eigenvalue weighted by atomic mass is 9.87. The molecule has 0 radical (unpaired) electrons. The third kappa shape index (κ3) is 1.18. The molecular formula is C8H17NO. The summed E-state index contributed by atoms with van der Waals surface area (Å²) < 4.78 is 5.39. The standard InChI is InChI=1S/C8H17NO/c1-5-9-8(6-10-8)7(2,3)4/h9H,5-6H2,1-4H3. The van der Waals surface area contributed by atoms with E-state index in [4.69, 9.17) is 4.74 Å². The molecule has 10 heavy (non-hydrogen) atoms. The summed E-state index contributed by atoms with van der Waals surface area (Å²) in [6, 6.07) is 0. The molecule has 0 aromatic heterocycles. The van der Waals surface area contributed by atoms with Gasteiger partial charge < -0.3 is 4.74 Å². The van der Waals surface area contributed by atoms with Crippen molar-refractivity contribution < 1.29 is 4.74 Å². The van der Waals surface area contributed by atoms with Gasteiger partial charge in [-0.1, -0.05) is 27.7 Å². The van der Waals surface area contributed by atoms with Crippen LogP contribution in [0.25, 0.3) is 0 Å². The fraction of sp³-hybridized carbons (Fsp3) is 1.00. The molecule has 2 nitrogen and oxygen atoms in total. The minimum Gasteiger partial charge on any atom is -0.353 e. The minimum absolute atomic E-state index is 0.0122. The van der Waals surface area contributed by atoms with Crippen molar-refractivity contribution in [1.29, 1.82) is 0 Å². The Morgan fingerprint density at radius 3 is 2.10 bits per heavy atom. The van der Waals surface area contributed by atoms with E-state index in [-0.39, 0.29) is 11.1 Å². The summed E-state index contributed by atoms with van der Waals surface area (Å²) in [5.41, 5.74) is 0.213. The van der Waals surface area contributed by atoms with Crippen molar-refractivity contribution in [2.75, 3.05) is 13.2 Å². The van der Waals surface area contributed by atoms with E-state index in [1.54, 1.807) is 0 Å². The van der Waals surface area contributed by atoms with E-state index in [0.29, 0.717) is 0 Å². The number of nitrogens with one attached hydrogen (secondary N) is 1. The van der Waals surface area contributed by atoms with Crippen LogP contribution in [0, 0.1) is 5.41 Å². The molecule has 1 aliphatic heterocycles. The Hall–Kier alpha value is -0.0800. The minimum atomic E-state index is -0.0122. The monoisotopic (exact) mass is 143 g/mol. The Balaban J connectivity index is 2.52. The molecule has 0 spiro atoms. The topological polar surface area (TPSA) is 24.6 Å². The van der Waals surface area contributed by atoms with Crippen LogP contribution in [-0.2, 0) is 4.74 Å². The zero-order valence-electron chi connectivity index (χ0n) is 7.32. The van der Waals surface area contributed by atoms with Gasteiger partial charge in [-0.2, -0.15) is 0 Å². The lowest BCUT2D eigenvalue weighted by Gasteiger charge is -2.27. The van der Waals surface area contributed by atoms with Crippen LogP contribution in [0.4, 0.5) is 0 Å². The zero-order valence-corrected chi connectivity index (χ0v) is 7.32. The fourth-order valence-electron chi connectivity index (χ4n) is 1.16. The normalized spacial score (nSPS) is 32.4. The smallest absolute Gasteiger partial charge is 0.147 e. The second kappa shape index (κ2) is 2.21. The van der Waals surface area contributed by atoms with Gasteiger partial charge in [0.15, 0.2) is 0 Å². The number of likely N-dealkylation sites (N-methyl/N-ethyl adjacent to an activating group) is 1. The molecule has 0 amide bonds. The molecule has 1 rings (SSSR count). The van der Waals surface area contributed by atoms with E-state index in [9.17, 15) is 0 Å². The van der Waals surface area contributed by atoms with Gasteiger partial charge in [-0.15, -0.1) is 0 Å². The van der Waals surface area contributed by atoms with Crippen LogP contribution < -0.4 is 5.32 Å². The Bertz CT molecular complexity index is 122. The maximum absolute atomic E-state index is 5.39. The Labute approximate surface area is 63.0 Å². The van der Waals surface area contributed by atoms with Crippen LogP contribution in [0.5, 0.6) is 0 Å². The Morgan fingerprint density at radius 1 is 1.50 bits per heavy atom. The van der Waals surface area contributed by atoms with Gasteiger partial charge in [0.05, 0.1) is 6.61 Å². The highest BCUT2D eigenvalue weighted by Gasteiger charge is 2.53. The molecule has 1 heterocycles. The first-order valence-corrected chi connectivity index (χ1v) is 3.91. The van der Waals surface area contributed by atoms with E-state index in [1.165, 1.54) is 0 Å². The third-order valence-electron chi connectivity index (χ3n) is 2.11. The van der Waals surface area contributed by atoms with Crippen molar-refractivity contribution in [1.82, 2.24) is 5.32 Å². The van der Waals surface area contributed by atoms with Gasteiger partial charge in [-0.3, -0.25) is 5.32 Å². The molecule has 1 fully saturated rings. The molecule has 0 aromatic rings. The molecule has 0 saturated carbocycles. The Morgan fingerprint density at radius 2 is 2.00 bits per heavy atom. The average molecular weight is 143 g/mol. The van der Waals surface area contributed by atoms with Gasteiger partial charge in [0.25, 0.3) is 0 Å². The molecule has 0 bridgehead atoms. The van der Waals surface area contributed by atoms with Crippen LogP contribution in [0.2, 0.25) is 0 Å². The lowest BCUT2D eigenvalue weighted by molar-refractivity contribution is 0.121. The van der Waals surface area contributed by atoms with E-state index in [2.05, 4.69) is 33.0 Å². The first kappa shape index (κ1) is 8.02. The van der Waals surface area contributed by atoms with E-state index < -0.39 is 0 Å². The molecule has 0 aromatic carbocycles. The molecule has 1 atom stereocenters. The van der Waals surface area contributed by atoms with Crippen molar-refractivity contribution in [2.24, 2.45) is 5.41 Å². The largest absolute Gasteiger partial charge is 0.353 e. The van der Waals surface area contributed by atoms with Crippen LogP contribution in [0.3, 0.4) is 0 Å². The maximum atomic E-state index is 5.39. The van der Waals surface area contributed by atoms with Crippen molar-refractivity contribution in [3.8, 4) is 0 Å². The summed E-state index contributed by atoms with van der Waals surface area (Å²) in [6.07, 6.45) is 0. The molecule has 60 valence electrons. The van der Waals surface area contributed by atoms with Gasteiger partial charge in [-0.25, -0.2) is 0 Å². The number of hydrogen-bond donors (Lipinski definition) is 1. The Kier molecular flexibility index (Phi) is 1.77. The number of hydrogen-bond acceptors (Lipinski definition) is 2. The highest BCUT2D eigenvalue weighted by molar-refractivity contribution is 4.98. The molecule has 0 aliphatic carbocycles. The summed E-state index contributed by atoms with van der Waals surface area (Å²) in [4.78, 5) is 0. The quantitative estimate of drug-likeness (QED) is 0.590. The molecule has 1 unspecified atom stereocenters. The van der Waals surface area contributed by atoms with Crippen LogP contribution >= 0.6 is 0 Å². The zero-order chi connectivity index (χ0) is 7.83. The summed E-state index contributed by atoms with van der Waals surface area (Å²) in [5.74, 6) is 0. The van der Waals surface area contributed by atoms with Crippen molar-refractivity contribution in [2.45, 2.75) is 33.4 Å². The number of epoxide rings is 1. The predicted molar refractivity (Wildman–Crippen MR) is 41.8 cm³/mol. The second-order valence-corrected chi connectivity index (χ2v) is 3.90. The first-order valence-electron chi connectivity index (χ1n) is 3.91. The molecule has 1 saturated heterocycles. The van der Waals surface area contributed by atoms with Crippen molar-refractivity contribution in [3.05, 3.63) is 0 Å². The van der Waals surface area contributed by atoms with Gasteiger partial charge >= 0.3 is 0 Å². The predicted octanol–water partition coefficient (Wildman–Crippen LogP) is 1.37. The summed E-state index contributed by atoms with van der Waals surface area (Å²) in [5, 5.41) is 3.35. The van der Waals surface area contributed by atoms with E-state index in [0.717, 1.165) is 13.2 Å². The fourth-order valence-corrected chi connectivity index (χ4v) is 1.16.